The number of hydrogen-bond acceptors (Lipinski definition) is 5. The highest BCUT2D eigenvalue weighted by Gasteiger charge is 2.32. The molecule has 1 aliphatic heterocycles. The molecular weight excluding hydrogens is 342 g/mol. The van der Waals surface area contributed by atoms with Crippen molar-refractivity contribution in [1.82, 2.24) is 15.1 Å². The minimum atomic E-state index is 0.129. The Balaban J connectivity index is 1.34. The van der Waals surface area contributed by atoms with Crippen LogP contribution < -0.4 is 4.74 Å². The first-order valence-corrected chi connectivity index (χ1v) is 10.1. The fourth-order valence-corrected chi connectivity index (χ4v) is 4.14. The molecule has 2 aliphatic rings. The Morgan fingerprint density at radius 3 is 2.70 bits per heavy atom. The van der Waals surface area contributed by atoms with Crippen molar-refractivity contribution >= 4 is 5.91 Å². The molecule has 1 atom stereocenters. The van der Waals surface area contributed by atoms with Crippen LogP contribution in [0.3, 0.4) is 0 Å². The second-order valence-corrected chi connectivity index (χ2v) is 7.59. The van der Waals surface area contributed by atoms with Crippen LogP contribution in [0.15, 0.2) is 34.7 Å². The van der Waals surface area contributed by atoms with Gasteiger partial charge in [-0.3, -0.25) is 4.79 Å². The molecule has 6 nitrogen and oxygen atoms in total. The SMILES string of the molecule is O=C(C1CCCCC1)N1CCCC(c2nnc(COc3ccccc3)o2)C1. The second-order valence-electron chi connectivity index (χ2n) is 7.59. The molecule has 4 rings (SSSR count). The maximum Gasteiger partial charge on any atom is 0.253 e. The van der Waals surface area contributed by atoms with Gasteiger partial charge >= 0.3 is 0 Å². The third-order valence-electron chi connectivity index (χ3n) is 5.62. The van der Waals surface area contributed by atoms with Crippen molar-refractivity contribution in [2.45, 2.75) is 57.5 Å². The van der Waals surface area contributed by atoms with Gasteiger partial charge in [-0.05, 0) is 37.8 Å². The van der Waals surface area contributed by atoms with E-state index in [4.69, 9.17) is 9.15 Å². The minimum absolute atomic E-state index is 0.129. The predicted octanol–water partition coefficient (Wildman–Crippen LogP) is 3.93. The van der Waals surface area contributed by atoms with Gasteiger partial charge in [0.1, 0.15) is 5.75 Å². The van der Waals surface area contributed by atoms with E-state index >= 15 is 0 Å². The molecule has 1 aromatic carbocycles. The topological polar surface area (TPSA) is 68.5 Å². The van der Waals surface area contributed by atoms with Crippen molar-refractivity contribution in [2.75, 3.05) is 13.1 Å². The lowest BCUT2D eigenvalue weighted by molar-refractivity contribution is -0.137. The second kappa shape index (κ2) is 8.55. The Bertz CT molecular complexity index is 740. The van der Waals surface area contributed by atoms with Gasteiger partial charge in [0, 0.05) is 19.0 Å². The van der Waals surface area contributed by atoms with Crippen LogP contribution in [-0.4, -0.2) is 34.1 Å². The lowest BCUT2D eigenvalue weighted by atomic mass is 9.87. The number of carbonyl (C=O) groups is 1. The number of piperidine rings is 1. The van der Waals surface area contributed by atoms with Crippen molar-refractivity contribution in [3.05, 3.63) is 42.1 Å². The van der Waals surface area contributed by atoms with Crippen molar-refractivity contribution in [2.24, 2.45) is 5.92 Å². The minimum Gasteiger partial charge on any atom is -0.484 e. The summed E-state index contributed by atoms with van der Waals surface area (Å²) in [5.74, 6) is 2.55. The van der Waals surface area contributed by atoms with E-state index in [9.17, 15) is 4.79 Å². The summed E-state index contributed by atoms with van der Waals surface area (Å²) >= 11 is 0. The Morgan fingerprint density at radius 1 is 1.07 bits per heavy atom. The highest BCUT2D eigenvalue weighted by molar-refractivity contribution is 5.79. The summed E-state index contributed by atoms with van der Waals surface area (Å²) in [7, 11) is 0. The lowest BCUT2D eigenvalue weighted by Gasteiger charge is -2.34. The van der Waals surface area contributed by atoms with Gasteiger partial charge in [0.25, 0.3) is 5.89 Å². The van der Waals surface area contributed by atoms with E-state index in [0.29, 0.717) is 24.2 Å². The maximum atomic E-state index is 12.8. The number of ether oxygens (including phenoxy) is 1. The van der Waals surface area contributed by atoms with Crippen LogP contribution in [0.2, 0.25) is 0 Å². The molecule has 0 N–H and O–H groups in total. The van der Waals surface area contributed by atoms with E-state index in [1.165, 1.54) is 19.3 Å². The van der Waals surface area contributed by atoms with Crippen LogP contribution in [0.5, 0.6) is 5.75 Å². The Kier molecular flexibility index (Phi) is 5.70. The predicted molar refractivity (Wildman–Crippen MR) is 100 cm³/mol. The van der Waals surface area contributed by atoms with Gasteiger partial charge in [0.05, 0.1) is 5.92 Å². The first kappa shape index (κ1) is 18.0. The summed E-state index contributed by atoms with van der Waals surface area (Å²) in [6.45, 7) is 1.80. The summed E-state index contributed by atoms with van der Waals surface area (Å²) in [6, 6.07) is 9.59. The number of hydrogen-bond donors (Lipinski definition) is 0. The maximum absolute atomic E-state index is 12.8. The van der Waals surface area contributed by atoms with Gasteiger partial charge in [-0.2, -0.15) is 0 Å². The van der Waals surface area contributed by atoms with E-state index in [2.05, 4.69) is 10.2 Å². The Morgan fingerprint density at radius 2 is 1.89 bits per heavy atom. The largest absolute Gasteiger partial charge is 0.484 e. The van der Waals surface area contributed by atoms with E-state index in [1.807, 2.05) is 35.2 Å². The molecule has 1 saturated heterocycles. The molecule has 0 radical (unpaired) electrons. The summed E-state index contributed by atoms with van der Waals surface area (Å²) in [5, 5.41) is 8.34. The molecule has 1 unspecified atom stereocenters. The third kappa shape index (κ3) is 4.49. The molecule has 1 amide bonds. The number of para-hydroxylation sites is 1. The molecule has 0 spiro atoms. The average Bonchev–Trinajstić information content (AvgIpc) is 3.22. The third-order valence-corrected chi connectivity index (χ3v) is 5.62. The molecule has 6 heteroatoms. The van der Waals surface area contributed by atoms with Gasteiger partial charge in [0.2, 0.25) is 11.8 Å². The zero-order valence-corrected chi connectivity index (χ0v) is 15.7. The fourth-order valence-electron chi connectivity index (χ4n) is 4.14. The lowest BCUT2D eigenvalue weighted by Crippen LogP contribution is -2.42. The zero-order chi connectivity index (χ0) is 18.5. The number of likely N-dealkylation sites (tertiary alicyclic amines) is 1. The van der Waals surface area contributed by atoms with Gasteiger partial charge in [0.15, 0.2) is 6.61 Å². The fraction of sp³-hybridized carbons (Fsp3) is 0.571. The van der Waals surface area contributed by atoms with Crippen LogP contribution >= 0.6 is 0 Å². The number of amides is 1. The first-order valence-electron chi connectivity index (χ1n) is 10.1. The highest BCUT2D eigenvalue weighted by Crippen LogP contribution is 2.30. The standard InChI is InChI=1S/C21H27N3O3/c25-21(16-8-3-1-4-9-16)24-13-7-10-17(14-24)20-23-22-19(27-20)15-26-18-11-5-2-6-12-18/h2,5-6,11-12,16-17H,1,3-4,7-10,13-15H2. The number of benzene rings is 1. The van der Waals surface area contributed by atoms with Crippen LogP contribution in [0, 0.1) is 5.92 Å². The summed E-state index contributed by atoms with van der Waals surface area (Å²) in [5.41, 5.74) is 0. The first-order chi connectivity index (χ1) is 13.3. The quantitative estimate of drug-likeness (QED) is 0.799. The number of rotatable bonds is 5. The molecule has 2 fully saturated rings. The monoisotopic (exact) mass is 369 g/mol. The molecular formula is C21H27N3O3. The Hall–Kier alpha value is -2.37. The van der Waals surface area contributed by atoms with Crippen molar-refractivity contribution in [1.29, 1.82) is 0 Å². The molecule has 27 heavy (non-hydrogen) atoms. The number of carbonyl (C=O) groups excluding carboxylic acids is 1. The normalized spacial score (nSPS) is 21.2. The van der Waals surface area contributed by atoms with Crippen LogP contribution in [0.1, 0.15) is 62.6 Å². The van der Waals surface area contributed by atoms with E-state index in [1.54, 1.807) is 0 Å². The van der Waals surface area contributed by atoms with Gasteiger partial charge in [-0.15, -0.1) is 10.2 Å². The van der Waals surface area contributed by atoms with Crippen LogP contribution in [-0.2, 0) is 11.4 Å². The van der Waals surface area contributed by atoms with E-state index < -0.39 is 0 Å². The summed E-state index contributed by atoms with van der Waals surface area (Å²) < 4.78 is 11.5. The molecule has 1 aromatic heterocycles. The summed E-state index contributed by atoms with van der Waals surface area (Å²) in [4.78, 5) is 14.9. The number of aromatic nitrogens is 2. The van der Waals surface area contributed by atoms with Crippen molar-refractivity contribution < 1.29 is 13.9 Å². The van der Waals surface area contributed by atoms with E-state index in [-0.39, 0.29) is 18.4 Å². The van der Waals surface area contributed by atoms with Crippen LogP contribution in [0.25, 0.3) is 0 Å². The molecule has 2 heterocycles. The van der Waals surface area contributed by atoms with Gasteiger partial charge in [-0.1, -0.05) is 37.5 Å². The average molecular weight is 369 g/mol. The van der Waals surface area contributed by atoms with Crippen LogP contribution in [0.4, 0.5) is 0 Å². The van der Waals surface area contributed by atoms with Gasteiger partial charge in [-0.25, -0.2) is 0 Å². The smallest absolute Gasteiger partial charge is 0.253 e. The molecule has 1 aliphatic carbocycles. The number of nitrogens with zero attached hydrogens (tertiary/aromatic N) is 3. The van der Waals surface area contributed by atoms with Gasteiger partial charge < -0.3 is 14.1 Å². The summed E-state index contributed by atoms with van der Waals surface area (Å²) in [6.07, 6.45) is 7.69. The van der Waals surface area contributed by atoms with Crippen molar-refractivity contribution in [3.8, 4) is 5.75 Å². The highest BCUT2D eigenvalue weighted by atomic mass is 16.5. The molecule has 1 saturated carbocycles. The zero-order valence-electron chi connectivity index (χ0n) is 15.7. The van der Waals surface area contributed by atoms with Crippen molar-refractivity contribution in [3.63, 3.8) is 0 Å². The van der Waals surface area contributed by atoms with E-state index in [0.717, 1.165) is 38.0 Å². The molecule has 144 valence electrons. The Labute approximate surface area is 159 Å². The molecule has 0 bridgehead atoms. The molecule has 2 aromatic rings.